The van der Waals surface area contributed by atoms with Crippen LogP contribution in [0.25, 0.3) is 0 Å². The van der Waals surface area contributed by atoms with Crippen LogP contribution in [0.4, 0.5) is 20.2 Å². The van der Waals surface area contributed by atoms with Gasteiger partial charge in [0.1, 0.15) is 0 Å². The first-order chi connectivity index (χ1) is 9.63. The summed E-state index contributed by atoms with van der Waals surface area (Å²) in [5.41, 5.74) is -2.67. The minimum absolute atomic E-state index is 0.0813. The Morgan fingerprint density at radius 2 is 2.19 bits per heavy atom. The number of ether oxygens (including phenoxy) is 1. The van der Waals surface area contributed by atoms with Crippen molar-refractivity contribution in [1.29, 1.82) is 0 Å². The number of nitro groups is 1. The first kappa shape index (κ1) is 16.6. The highest BCUT2D eigenvalue weighted by Crippen LogP contribution is 2.31. The number of hydrogen-bond donors (Lipinski definition) is 3. The molecule has 3 N–H and O–H groups in total. The van der Waals surface area contributed by atoms with E-state index in [0.717, 1.165) is 19.1 Å². The maximum absolute atomic E-state index is 12.2. The number of nitrogens with zero attached hydrogens (tertiary/aromatic N) is 1. The monoisotopic (exact) mass is 306 g/mol. The van der Waals surface area contributed by atoms with Gasteiger partial charge in [0.2, 0.25) is 5.75 Å². The number of anilines is 1. The molecule has 1 atom stereocenters. The third-order valence-corrected chi connectivity index (χ3v) is 2.47. The zero-order valence-corrected chi connectivity index (χ0v) is 10.7. The van der Waals surface area contributed by atoms with Crippen molar-refractivity contribution >= 4 is 17.3 Å². The van der Waals surface area contributed by atoms with Gasteiger partial charge < -0.3 is 20.3 Å². The molecule has 0 heterocycles. The van der Waals surface area contributed by atoms with Crippen LogP contribution in [0.2, 0.25) is 0 Å². The Morgan fingerprint density at radius 3 is 2.67 bits per heavy atom. The van der Waals surface area contributed by atoms with Gasteiger partial charge in [0.25, 0.3) is 0 Å². The zero-order chi connectivity index (χ0) is 16.2. The van der Waals surface area contributed by atoms with Gasteiger partial charge in [-0.2, -0.15) is 8.78 Å². The van der Waals surface area contributed by atoms with Crippen LogP contribution in [0.1, 0.15) is 6.92 Å². The highest BCUT2D eigenvalue weighted by Gasteiger charge is 2.29. The number of carboxylic acids is 1. The van der Waals surface area contributed by atoms with E-state index in [0.29, 0.717) is 0 Å². The molecule has 0 aliphatic heterocycles. The fourth-order valence-corrected chi connectivity index (χ4v) is 1.32. The molecule has 1 unspecified atom stereocenters. The number of nitro benzene ring substituents is 1. The number of halogens is 2. The van der Waals surface area contributed by atoms with Gasteiger partial charge in [0.15, 0.2) is 5.60 Å². The van der Waals surface area contributed by atoms with Crippen LogP contribution < -0.4 is 10.1 Å². The Balaban J connectivity index is 2.95. The maximum atomic E-state index is 12.2. The minimum Gasteiger partial charge on any atom is -0.479 e. The van der Waals surface area contributed by atoms with E-state index < -0.39 is 41.1 Å². The van der Waals surface area contributed by atoms with E-state index in [-0.39, 0.29) is 5.69 Å². The lowest BCUT2D eigenvalue weighted by Crippen LogP contribution is -2.41. The fraction of sp³-hybridized carbons (Fsp3) is 0.364. The molecular weight excluding hydrogens is 294 g/mol. The van der Waals surface area contributed by atoms with Crippen LogP contribution >= 0.6 is 0 Å². The Hall–Kier alpha value is -2.49. The second-order valence-corrected chi connectivity index (χ2v) is 4.25. The van der Waals surface area contributed by atoms with Gasteiger partial charge in [-0.25, -0.2) is 4.79 Å². The molecule has 0 radical (unpaired) electrons. The standard InChI is InChI=1S/C11H12F2N2O6/c1-11(18,9(16)17)5-14-6-2-3-7(15(19)20)8(4-6)21-10(12)13/h2-4,10,14,18H,5H2,1H3,(H,16,17). The lowest BCUT2D eigenvalue weighted by atomic mass is 10.1. The van der Waals surface area contributed by atoms with E-state index in [1.54, 1.807) is 0 Å². The van der Waals surface area contributed by atoms with Gasteiger partial charge >= 0.3 is 18.3 Å². The Kier molecular flexibility index (Phi) is 4.97. The van der Waals surface area contributed by atoms with Crippen LogP contribution in [-0.4, -0.2) is 39.9 Å². The maximum Gasteiger partial charge on any atom is 0.387 e. The van der Waals surface area contributed by atoms with Crippen molar-refractivity contribution < 1.29 is 33.4 Å². The van der Waals surface area contributed by atoms with Gasteiger partial charge in [0, 0.05) is 17.8 Å². The number of aliphatic carboxylic acids is 1. The topological polar surface area (TPSA) is 122 Å². The predicted molar refractivity (Wildman–Crippen MR) is 66.5 cm³/mol. The number of rotatable bonds is 7. The summed E-state index contributed by atoms with van der Waals surface area (Å²) in [6.45, 7) is -2.65. The number of benzene rings is 1. The van der Waals surface area contributed by atoms with Crippen molar-refractivity contribution in [2.75, 3.05) is 11.9 Å². The van der Waals surface area contributed by atoms with E-state index in [1.807, 2.05) is 0 Å². The van der Waals surface area contributed by atoms with Crippen LogP contribution in [0.5, 0.6) is 5.75 Å². The van der Waals surface area contributed by atoms with Crippen molar-refractivity contribution in [3.63, 3.8) is 0 Å². The Morgan fingerprint density at radius 1 is 1.57 bits per heavy atom. The van der Waals surface area contributed by atoms with Gasteiger partial charge in [-0.3, -0.25) is 10.1 Å². The molecule has 0 saturated heterocycles. The highest BCUT2D eigenvalue weighted by atomic mass is 19.3. The van der Waals surface area contributed by atoms with Gasteiger partial charge in [-0.05, 0) is 13.0 Å². The smallest absolute Gasteiger partial charge is 0.387 e. The number of carboxylic acid groups (broad SMARTS) is 1. The van der Waals surface area contributed by atoms with Crippen LogP contribution in [-0.2, 0) is 4.79 Å². The van der Waals surface area contributed by atoms with Gasteiger partial charge in [0.05, 0.1) is 11.5 Å². The molecule has 0 aliphatic carbocycles. The summed E-state index contributed by atoms with van der Waals surface area (Å²) in [7, 11) is 0. The first-order valence-corrected chi connectivity index (χ1v) is 5.56. The van der Waals surface area contributed by atoms with Crippen molar-refractivity contribution in [1.82, 2.24) is 0 Å². The van der Waals surface area contributed by atoms with E-state index in [4.69, 9.17) is 5.11 Å². The molecule has 1 aromatic carbocycles. The SMILES string of the molecule is CC(O)(CNc1ccc([N+](=O)[O-])c(OC(F)F)c1)C(=O)O. The number of hydrogen-bond acceptors (Lipinski definition) is 6. The summed E-state index contributed by atoms with van der Waals surface area (Å²) in [5, 5.41) is 31.3. The number of carbonyl (C=O) groups is 1. The summed E-state index contributed by atoms with van der Waals surface area (Å²) in [5.74, 6) is -2.16. The average Bonchev–Trinajstić information content (AvgIpc) is 2.35. The summed E-state index contributed by atoms with van der Waals surface area (Å²) in [6.07, 6.45) is 0. The van der Waals surface area contributed by atoms with Crippen molar-refractivity contribution in [2.24, 2.45) is 0 Å². The zero-order valence-electron chi connectivity index (χ0n) is 10.7. The number of nitrogens with one attached hydrogen (secondary N) is 1. The number of alkyl halides is 2. The third-order valence-electron chi connectivity index (χ3n) is 2.47. The molecule has 21 heavy (non-hydrogen) atoms. The molecule has 0 aromatic heterocycles. The van der Waals surface area contributed by atoms with Gasteiger partial charge in [-0.15, -0.1) is 0 Å². The predicted octanol–water partition coefficient (Wildman–Crippen LogP) is 1.44. The summed E-state index contributed by atoms with van der Waals surface area (Å²) in [4.78, 5) is 20.5. The molecule has 116 valence electrons. The average molecular weight is 306 g/mol. The van der Waals surface area contributed by atoms with Crippen LogP contribution in [0.3, 0.4) is 0 Å². The molecule has 0 fully saturated rings. The molecule has 0 bridgehead atoms. The molecule has 0 amide bonds. The summed E-state index contributed by atoms with van der Waals surface area (Å²) in [6, 6.07) is 3.02. The molecule has 10 heteroatoms. The lowest BCUT2D eigenvalue weighted by Gasteiger charge is -2.19. The van der Waals surface area contributed by atoms with Crippen LogP contribution in [0.15, 0.2) is 18.2 Å². The fourth-order valence-electron chi connectivity index (χ4n) is 1.32. The molecule has 0 saturated carbocycles. The van der Waals surface area contributed by atoms with Crippen molar-refractivity contribution in [2.45, 2.75) is 19.1 Å². The molecule has 1 rings (SSSR count). The summed E-state index contributed by atoms with van der Waals surface area (Å²) >= 11 is 0. The highest BCUT2D eigenvalue weighted by molar-refractivity contribution is 5.77. The Labute approximate surface area is 117 Å². The second-order valence-electron chi connectivity index (χ2n) is 4.25. The molecule has 1 aromatic rings. The van der Waals surface area contributed by atoms with E-state index >= 15 is 0 Å². The molecule has 0 aliphatic rings. The first-order valence-electron chi connectivity index (χ1n) is 5.56. The minimum atomic E-state index is -3.25. The number of aliphatic hydroxyl groups is 1. The second kappa shape index (κ2) is 6.31. The van der Waals surface area contributed by atoms with E-state index in [2.05, 4.69) is 10.1 Å². The normalized spacial score (nSPS) is 13.6. The van der Waals surface area contributed by atoms with Crippen molar-refractivity contribution in [3.05, 3.63) is 28.3 Å². The molecule has 8 nitrogen and oxygen atoms in total. The van der Waals surface area contributed by atoms with Gasteiger partial charge in [-0.1, -0.05) is 0 Å². The molecule has 0 spiro atoms. The molecular formula is C11H12F2N2O6. The quantitative estimate of drug-likeness (QED) is 0.514. The summed E-state index contributed by atoms with van der Waals surface area (Å²) < 4.78 is 28.4. The third kappa shape index (κ3) is 4.53. The lowest BCUT2D eigenvalue weighted by molar-refractivity contribution is -0.386. The van der Waals surface area contributed by atoms with E-state index in [9.17, 15) is 28.8 Å². The largest absolute Gasteiger partial charge is 0.479 e. The van der Waals surface area contributed by atoms with E-state index in [1.165, 1.54) is 6.07 Å². The Bertz CT molecular complexity index is 550. The van der Waals surface area contributed by atoms with Crippen molar-refractivity contribution in [3.8, 4) is 5.75 Å². The van der Waals surface area contributed by atoms with Crippen LogP contribution in [0, 0.1) is 10.1 Å².